The molecule has 0 saturated heterocycles. The fraction of sp³-hybridized carbons (Fsp3) is 0.125. The molecule has 0 bridgehead atoms. The fourth-order valence-corrected chi connectivity index (χ4v) is 3.10. The van der Waals surface area contributed by atoms with E-state index in [-0.39, 0.29) is 4.90 Å². The Hall–Kier alpha value is -1.91. The van der Waals surface area contributed by atoms with Crippen LogP contribution in [-0.2, 0) is 10.1 Å². The summed E-state index contributed by atoms with van der Waals surface area (Å²) in [5, 5.41) is 0. The molecule has 0 unspecified atom stereocenters. The van der Waals surface area contributed by atoms with Crippen LogP contribution in [0.3, 0.4) is 0 Å². The van der Waals surface area contributed by atoms with Crippen molar-refractivity contribution in [3.05, 3.63) is 64.7 Å². The second-order valence-electron chi connectivity index (χ2n) is 4.72. The van der Waals surface area contributed by atoms with Crippen LogP contribution in [0.4, 0.5) is 0 Å². The third kappa shape index (κ3) is 3.35. The largest absolute Gasteiger partial charge is 0.295 e. The Morgan fingerprint density at radius 2 is 1.65 bits per heavy atom. The maximum Gasteiger partial charge on any atom is 0.295 e. The number of aryl methyl sites for hydroxylation is 2. The van der Waals surface area contributed by atoms with E-state index >= 15 is 0 Å². The molecular formula is C16H16O3S. The smallest absolute Gasteiger partial charge is 0.282 e. The third-order valence-corrected chi connectivity index (χ3v) is 4.03. The van der Waals surface area contributed by atoms with Gasteiger partial charge in [0.25, 0.3) is 10.1 Å². The zero-order valence-electron chi connectivity index (χ0n) is 11.4. The minimum Gasteiger partial charge on any atom is -0.282 e. The summed E-state index contributed by atoms with van der Waals surface area (Å²) in [7, 11) is -4.24. The molecule has 0 aliphatic heterocycles. The molecule has 0 aliphatic carbocycles. The molecule has 20 heavy (non-hydrogen) atoms. The summed E-state index contributed by atoms with van der Waals surface area (Å²) in [5.74, 6) is 0. The van der Waals surface area contributed by atoms with Crippen molar-refractivity contribution in [1.29, 1.82) is 0 Å². The molecule has 0 spiro atoms. The van der Waals surface area contributed by atoms with Crippen molar-refractivity contribution in [2.45, 2.75) is 18.7 Å². The standard InChI is InChI=1S/C16H16O3S/c1-12-10-13(2)16(20(17,18)19)15(11-12)9-8-14-6-4-3-5-7-14/h3-11H,1-2H3,(H,17,18,19)/b9-8+. The van der Waals surface area contributed by atoms with Gasteiger partial charge in [0.05, 0.1) is 0 Å². The summed E-state index contributed by atoms with van der Waals surface area (Å²) in [6, 6.07) is 13.1. The Bertz CT molecular complexity index is 745. The van der Waals surface area contributed by atoms with Crippen LogP contribution in [0.2, 0.25) is 0 Å². The third-order valence-electron chi connectivity index (χ3n) is 2.96. The quantitative estimate of drug-likeness (QED) is 0.691. The van der Waals surface area contributed by atoms with E-state index in [0.29, 0.717) is 11.1 Å². The number of hydrogen-bond donors (Lipinski definition) is 1. The fourth-order valence-electron chi connectivity index (χ4n) is 2.21. The molecule has 104 valence electrons. The molecular weight excluding hydrogens is 272 g/mol. The van der Waals surface area contributed by atoms with Crippen LogP contribution in [0.15, 0.2) is 47.4 Å². The number of hydrogen-bond acceptors (Lipinski definition) is 2. The van der Waals surface area contributed by atoms with Gasteiger partial charge in [-0.1, -0.05) is 60.2 Å². The van der Waals surface area contributed by atoms with E-state index in [9.17, 15) is 13.0 Å². The number of benzene rings is 2. The first-order valence-electron chi connectivity index (χ1n) is 6.20. The van der Waals surface area contributed by atoms with Crippen LogP contribution < -0.4 is 0 Å². The van der Waals surface area contributed by atoms with Gasteiger partial charge in [0.2, 0.25) is 0 Å². The summed E-state index contributed by atoms with van der Waals surface area (Å²) in [5.41, 5.74) is 2.95. The van der Waals surface area contributed by atoms with E-state index in [4.69, 9.17) is 0 Å². The lowest BCUT2D eigenvalue weighted by molar-refractivity contribution is 0.482. The van der Waals surface area contributed by atoms with Crippen molar-refractivity contribution in [3.8, 4) is 0 Å². The summed E-state index contributed by atoms with van der Waals surface area (Å²) in [4.78, 5) is -0.0321. The number of rotatable bonds is 3. The zero-order chi connectivity index (χ0) is 14.8. The van der Waals surface area contributed by atoms with Crippen molar-refractivity contribution in [1.82, 2.24) is 0 Å². The Labute approximate surface area is 119 Å². The lowest BCUT2D eigenvalue weighted by Crippen LogP contribution is -2.04. The van der Waals surface area contributed by atoms with Gasteiger partial charge in [-0.25, -0.2) is 0 Å². The van der Waals surface area contributed by atoms with Crippen molar-refractivity contribution in [2.24, 2.45) is 0 Å². The van der Waals surface area contributed by atoms with Crippen molar-refractivity contribution in [3.63, 3.8) is 0 Å². The highest BCUT2D eigenvalue weighted by atomic mass is 32.2. The first kappa shape index (κ1) is 14.5. The van der Waals surface area contributed by atoms with E-state index in [1.165, 1.54) is 0 Å². The van der Waals surface area contributed by atoms with E-state index in [1.807, 2.05) is 43.3 Å². The molecule has 2 rings (SSSR count). The molecule has 0 saturated carbocycles. The SMILES string of the molecule is Cc1cc(C)c(S(=O)(=O)O)c(/C=C/c2ccccc2)c1. The van der Waals surface area contributed by atoms with Crippen molar-refractivity contribution >= 4 is 22.3 Å². The average molecular weight is 288 g/mol. The Morgan fingerprint density at radius 1 is 1.00 bits per heavy atom. The van der Waals surface area contributed by atoms with Crippen LogP contribution in [-0.4, -0.2) is 13.0 Å². The van der Waals surface area contributed by atoms with Gasteiger partial charge in [-0.05, 0) is 30.5 Å². The second-order valence-corrected chi connectivity index (χ2v) is 6.08. The lowest BCUT2D eigenvalue weighted by Gasteiger charge is -2.08. The molecule has 0 heterocycles. The van der Waals surface area contributed by atoms with Crippen molar-refractivity contribution < 1.29 is 13.0 Å². The normalized spacial score (nSPS) is 11.9. The van der Waals surface area contributed by atoms with Crippen LogP contribution in [0, 0.1) is 13.8 Å². The van der Waals surface area contributed by atoms with E-state index in [1.54, 1.807) is 25.1 Å². The molecule has 4 heteroatoms. The Kier molecular flexibility index (Phi) is 4.06. The molecule has 0 atom stereocenters. The molecule has 0 radical (unpaired) electrons. The molecule has 2 aromatic carbocycles. The molecule has 2 aromatic rings. The maximum absolute atomic E-state index is 11.5. The lowest BCUT2D eigenvalue weighted by atomic mass is 10.1. The van der Waals surface area contributed by atoms with E-state index < -0.39 is 10.1 Å². The van der Waals surface area contributed by atoms with Gasteiger partial charge < -0.3 is 0 Å². The molecule has 1 N–H and O–H groups in total. The Morgan fingerprint density at radius 3 is 2.25 bits per heavy atom. The van der Waals surface area contributed by atoms with Gasteiger partial charge in [0.15, 0.2) is 0 Å². The van der Waals surface area contributed by atoms with Crippen LogP contribution in [0.5, 0.6) is 0 Å². The molecule has 0 aromatic heterocycles. The Balaban J connectivity index is 2.54. The predicted octanol–water partition coefficient (Wildman–Crippen LogP) is 3.72. The molecule has 0 aliphatic rings. The molecule has 0 amide bonds. The highest BCUT2D eigenvalue weighted by Crippen LogP contribution is 2.24. The molecule has 3 nitrogen and oxygen atoms in total. The minimum absolute atomic E-state index is 0.0321. The minimum atomic E-state index is -4.24. The summed E-state index contributed by atoms with van der Waals surface area (Å²) < 4.78 is 32.4. The van der Waals surface area contributed by atoms with Crippen LogP contribution in [0.25, 0.3) is 12.2 Å². The second kappa shape index (κ2) is 5.61. The maximum atomic E-state index is 11.5. The van der Waals surface area contributed by atoms with Gasteiger partial charge in [0, 0.05) is 0 Å². The van der Waals surface area contributed by atoms with E-state index in [0.717, 1.165) is 11.1 Å². The van der Waals surface area contributed by atoms with Gasteiger partial charge in [-0.3, -0.25) is 4.55 Å². The van der Waals surface area contributed by atoms with Crippen LogP contribution >= 0.6 is 0 Å². The van der Waals surface area contributed by atoms with E-state index in [2.05, 4.69) is 0 Å². The first-order chi connectivity index (χ1) is 9.38. The predicted molar refractivity (Wildman–Crippen MR) is 81.1 cm³/mol. The average Bonchev–Trinajstić information content (AvgIpc) is 2.35. The first-order valence-corrected chi connectivity index (χ1v) is 7.64. The van der Waals surface area contributed by atoms with Gasteiger partial charge in [-0.15, -0.1) is 0 Å². The topological polar surface area (TPSA) is 54.4 Å². The van der Waals surface area contributed by atoms with Gasteiger partial charge in [0.1, 0.15) is 4.90 Å². The van der Waals surface area contributed by atoms with Crippen LogP contribution in [0.1, 0.15) is 22.3 Å². The molecule has 0 fully saturated rings. The summed E-state index contributed by atoms with van der Waals surface area (Å²) >= 11 is 0. The summed E-state index contributed by atoms with van der Waals surface area (Å²) in [6.07, 6.45) is 3.53. The van der Waals surface area contributed by atoms with Gasteiger partial charge in [-0.2, -0.15) is 8.42 Å². The highest BCUT2D eigenvalue weighted by molar-refractivity contribution is 7.86. The monoisotopic (exact) mass is 288 g/mol. The summed E-state index contributed by atoms with van der Waals surface area (Å²) in [6.45, 7) is 3.57. The zero-order valence-corrected chi connectivity index (χ0v) is 12.2. The van der Waals surface area contributed by atoms with Crippen molar-refractivity contribution in [2.75, 3.05) is 0 Å². The van der Waals surface area contributed by atoms with Gasteiger partial charge >= 0.3 is 0 Å². The highest BCUT2D eigenvalue weighted by Gasteiger charge is 2.17.